The average molecular weight is 316 g/mol. The van der Waals surface area contributed by atoms with Gasteiger partial charge in [0.05, 0.1) is 12.6 Å². The third-order valence-corrected chi connectivity index (χ3v) is 5.11. The Balaban J connectivity index is 1.49. The summed E-state index contributed by atoms with van der Waals surface area (Å²) >= 11 is 0. The molecule has 3 rings (SSSR count). The quantitative estimate of drug-likeness (QED) is 0.848. The van der Waals surface area contributed by atoms with E-state index in [4.69, 9.17) is 4.74 Å². The third-order valence-electron chi connectivity index (χ3n) is 5.11. The van der Waals surface area contributed by atoms with Crippen molar-refractivity contribution in [2.75, 3.05) is 6.61 Å². The molecule has 1 amide bonds. The van der Waals surface area contributed by atoms with Crippen molar-refractivity contribution in [3.8, 4) is 0 Å². The number of hydrogen-bond acceptors (Lipinski definition) is 3. The summed E-state index contributed by atoms with van der Waals surface area (Å²) in [6.07, 6.45) is 6.13. The second kappa shape index (κ2) is 7.93. The number of amides is 1. The molecular weight excluding hydrogens is 288 g/mol. The first-order valence-corrected chi connectivity index (χ1v) is 8.95. The summed E-state index contributed by atoms with van der Waals surface area (Å²) in [6.45, 7) is 3.94. The van der Waals surface area contributed by atoms with Crippen LogP contribution < -0.4 is 10.6 Å². The Hall–Kier alpha value is -1.39. The zero-order chi connectivity index (χ0) is 16.1. The lowest BCUT2D eigenvalue weighted by molar-refractivity contribution is -0.123. The number of hydrogen-bond donors (Lipinski definition) is 2. The molecule has 4 nitrogen and oxygen atoms in total. The topological polar surface area (TPSA) is 50.4 Å². The van der Waals surface area contributed by atoms with Gasteiger partial charge in [0.25, 0.3) is 0 Å². The van der Waals surface area contributed by atoms with Gasteiger partial charge < -0.3 is 15.4 Å². The minimum atomic E-state index is -0.00490. The van der Waals surface area contributed by atoms with Gasteiger partial charge in [-0.1, -0.05) is 37.1 Å². The molecule has 1 aliphatic carbocycles. The van der Waals surface area contributed by atoms with Crippen molar-refractivity contribution in [2.24, 2.45) is 5.92 Å². The predicted octanol–water partition coefficient (Wildman–Crippen LogP) is 2.76. The Morgan fingerprint density at radius 3 is 2.96 bits per heavy atom. The fourth-order valence-corrected chi connectivity index (χ4v) is 3.88. The highest BCUT2D eigenvalue weighted by molar-refractivity contribution is 5.82. The summed E-state index contributed by atoms with van der Waals surface area (Å²) in [5, 5.41) is 6.63. The van der Waals surface area contributed by atoms with E-state index in [1.54, 1.807) is 0 Å². The molecule has 0 unspecified atom stereocenters. The van der Waals surface area contributed by atoms with Crippen molar-refractivity contribution >= 4 is 5.91 Å². The molecule has 0 aromatic heterocycles. The summed E-state index contributed by atoms with van der Waals surface area (Å²) in [4.78, 5) is 12.4. The van der Waals surface area contributed by atoms with Gasteiger partial charge in [-0.15, -0.1) is 0 Å². The van der Waals surface area contributed by atoms with Crippen LogP contribution in [0.5, 0.6) is 0 Å². The van der Waals surface area contributed by atoms with Crippen LogP contribution in [-0.4, -0.2) is 24.6 Å². The van der Waals surface area contributed by atoms with Crippen molar-refractivity contribution in [2.45, 2.75) is 64.3 Å². The van der Waals surface area contributed by atoms with E-state index < -0.39 is 0 Å². The van der Waals surface area contributed by atoms with E-state index >= 15 is 0 Å². The van der Waals surface area contributed by atoms with Crippen LogP contribution in [0.15, 0.2) is 24.3 Å². The Morgan fingerprint density at radius 1 is 1.30 bits per heavy atom. The second-order valence-electron chi connectivity index (χ2n) is 6.78. The molecule has 126 valence electrons. The van der Waals surface area contributed by atoms with Crippen LogP contribution in [0.25, 0.3) is 0 Å². The lowest BCUT2D eigenvalue weighted by Crippen LogP contribution is -2.42. The maximum Gasteiger partial charge on any atom is 0.237 e. The number of fused-ring (bicyclic) bond motifs is 1. The Labute approximate surface area is 139 Å². The first-order valence-electron chi connectivity index (χ1n) is 8.95. The maximum atomic E-state index is 12.4. The Morgan fingerprint density at radius 2 is 2.13 bits per heavy atom. The van der Waals surface area contributed by atoms with Gasteiger partial charge in [-0.2, -0.15) is 0 Å². The molecule has 1 saturated carbocycles. The van der Waals surface area contributed by atoms with Crippen molar-refractivity contribution in [1.82, 2.24) is 10.6 Å². The van der Waals surface area contributed by atoms with Crippen molar-refractivity contribution in [3.63, 3.8) is 0 Å². The van der Waals surface area contributed by atoms with Crippen LogP contribution in [-0.2, 0) is 22.7 Å². The van der Waals surface area contributed by atoms with E-state index in [1.165, 1.54) is 25.7 Å². The van der Waals surface area contributed by atoms with Crippen LogP contribution >= 0.6 is 0 Å². The zero-order valence-corrected chi connectivity index (χ0v) is 14.0. The molecule has 0 spiro atoms. The molecular formula is C19H28N2O2. The summed E-state index contributed by atoms with van der Waals surface area (Å²) < 4.78 is 5.44. The van der Waals surface area contributed by atoms with Gasteiger partial charge >= 0.3 is 0 Å². The Bertz CT molecular complexity index is 518. The fourth-order valence-electron chi connectivity index (χ4n) is 3.88. The van der Waals surface area contributed by atoms with Crippen LogP contribution in [0.4, 0.5) is 0 Å². The lowest BCUT2D eigenvalue weighted by atomic mass is 9.85. The molecule has 2 N–H and O–H groups in total. The normalized spacial score (nSPS) is 26.7. The van der Waals surface area contributed by atoms with Crippen molar-refractivity contribution in [1.29, 1.82) is 0 Å². The van der Waals surface area contributed by atoms with E-state index in [0.717, 1.165) is 24.2 Å². The van der Waals surface area contributed by atoms with E-state index in [-0.39, 0.29) is 11.9 Å². The zero-order valence-electron chi connectivity index (χ0n) is 14.0. The molecule has 0 bridgehead atoms. The predicted molar refractivity (Wildman–Crippen MR) is 90.9 cm³/mol. The molecule has 23 heavy (non-hydrogen) atoms. The van der Waals surface area contributed by atoms with Crippen LogP contribution in [0.3, 0.4) is 0 Å². The minimum Gasteiger partial charge on any atom is -0.377 e. The summed E-state index contributed by atoms with van der Waals surface area (Å²) in [5.41, 5.74) is 2.29. The minimum absolute atomic E-state index is 0.00490. The number of ether oxygens (including phenoxy) is 1. The first-order chi connectivity index (χ1) is 11.3. The number of nitrogens with one attached hydrogen (secondary N) is 2. The highest BCUT2D eigenvalue weighted by Crippen LogP contribution is 2.33. The van der Waals surface area contributed by atoms with Gasteiger partial charge in [-0.3, -0.25) is 4.79 Å². The summed E-state index contributed by atoms with van der Waals surface area (Å²) in [7, 11) is 0. The van der Waals surface area contributed by atoms with Gasteiger partial charge in [-0.25, -0.2) is 0 Å². The number of benzene rings is 1. The first kappa shape index (κ1) is 16.5. The molecule has 2 aliphatic rings. The average Bonchev–Trinajstić information content (AvgIpc) is 3.02. The molecule has 3 atom stereocenters. The second-order valence-corrected chi connectivity index (χ2v) is 6.78. The smallest absolute Gasteiger partial charge is 0.237 e. The monoisotopic (exact) mass is 316 g/mol. The SMILES string of the molecule is CCOCc1cccc(CNC(=O)[C@@H]2C[C@@H]3CCCC[C@H]3N2)c1. The fraction of sp³-hybridized carbons (Fsp3) is 0.632. The van der Waals surface area contributed by atoms with Crippen LogP contribution in [0.2, 0.25) is 0 Å². The molecule has 1 aromatic rings. The highest BCUT2D eigenvalue weighted by atomic mass is 16.5. The number of rotatable bonds is 6. The molecule has 0 radical (unpaired) electrons. The number of carbonyl (C=O) groups is 1. The summed E-state index contributed by atoms with van der Waals surface area (Å²) in [5.74, 6) is 0.851. The van der Waals surface area contributed by atoms with Gasteiger partial charge in [0.15, 0.2) is 0 Å². The van der Waals surface area contributed by atoms with Gasteiger partial charge in [0, 0.05) is 19.2 Å². The van der Waals surface area contributed by atoms with E-state index in [1.807, 2.05) is 13.0 Å². The molecule has 4 heteroatoms. The Kier molecular flexibility index (Phi) is 5.68. The number of carbonyl (C=O) groups excluding carboxylic acids is 1. The van der Waals surface area contributed by atoms with Gasteiger partial charge in [-0.05, 0) is 43.2 Å². The van der Waals surface area contributed by atoms with E-state index in [2.05, 4.69) is 28.8 Å². The summed E-state index contributed by atoms with van der Waals surface area (Å²) in [6, 6.07) is 8.81. The third kappa shape index (κ3) is 4.33. The maximum absolute atomic E-state index is 12.4. The molecule has 1 aromatic carbocycles. The molecule has 2 fully saturated rings. The molecule has 1 aliphatic heterocycles. The molecule has 1 saturated heterocycles. The van der Waals surface area contributed by atoms with E-state index in [0.29, 0.717) is 25.1 Å². The van der Waals surface area contributed by atoms with Crippen molar-refractivity contribution in [3.05, 3.63) is 35.4 Å². The van der Waals surface area contributed by atoms with Crippen LogP contribution in [0, 0.1) is 5.92 Å². The van der Waals surface area contributed by atoms with Crippen molar-refractivity contribution < 1.29 is 9.53 Å². The lowest BCUT2D eigenvalue weighted by Gasteiger charge is -2.24. The largest absolute Gasteiger partial charge is 0.377 e. The molecule has 1 heterocycles. The van der Waals surface area contributed by atoms with E-state index in [9.17, 15) is 4.79 Å². The highest BCUT2D eigenvalue weighted by Gasteiger charge is 2.37. The standard InChI is InChI=1S/C19H28N2O2/c1-2-23-13-15-7-5-6-14(10-15)12-20-19(22)18-11-16-8-3-4-9-17(16)21-18/h5-7,10,16-18,21H,2-4,8-9,11-13H2,1H3,(H,20,22)/t16-,17+,18-/m0/s1. The van der Waals surface area contributed by atoms with Crippen LogP contribution in [0.1, 0.15) is 50.2 Å². The van der Waals surface area contributed by atoms with Gasteiger partial charge in [0.1, 0.15) is 0 Å². The van der Waals surface area contributed by atoms with Gasteiger partial charge in [0.2, 0.25) is 5.91 Å².